The molecule has 0 unspecified atom stereocenters. The Hall–Kier alpha value is -2.00. The molecule has 0 amide bonds. The van der Waals surface area contributed by atoms with Crippen molar-refractivity contribution in [2.45, 2.75) is 6.42 Å². The van der Waals surface area contributed by atoms with Crippen molar-refractivity contribution in [3.63, 3.8) is 0 Å². The van der Waals surface area contributed by atoms with E-state index in [0.29, 0.717) is 12.0 Å². The number of hydrogen-bond donors (Lipinski definition) is 0. The van der Waals surface area contributed by atoms with Gasteiger partial charge in [0.2, 0.25) is 0 Å². The minimum atomic E-state index is 0.107. The fraction of sp³-hybridized carbons (Fsp3) is 0.0588. The molecule has 0 aliphatic carbocycles. The van der Waals surface area contributed by atoms with Gasteiger partial charge in [0.25, 0.3) is 0 Å². The summed E-state index contributed by atoms with van der Waals surface area (Å²) in [6, 6.07) is 17.4. The van der Waals surface area contributed by atoms with Crippen molar-refractivity contribution in [2.24, 2.45) is 0 Å². The van der Waals surface area contributed by atoms with Crippen molar-refractivity contribution in [3.05, 3.63) is 76.4 Å². The molecular formula is C17H12BrNO. The van der Waals surface area contributed by atoms with Crippen LogP contribution in [0.25, 0.3) is 10.9 Å². The van der Waals surface area contributed by atoms with Gasteiger partial charge in [0.1, 0.15) is 0 Å². The largest absolute Gasteiger partial charge is 0.294 e. The van der Waals surface area contributed by atoms with Crippen LogP contribution in [0.1, 0.15) is 15.9 Å². The van der Waals surface area contributed by atoms with Gasteiger partial charge in [0.15, 0.2) is 5.78 Å². The van der Waals surface area contributed by atoms with Crippen LogP contribution in [0.2, 0.25) is 0 Å². The summed E-state index contributed by atoms with van der Waals surface area (Å²) < 4.78 is 0.989. The molecule has 1 heterocycles. The third-order valence-corrected chi connectivity index (χ3v) is 3.67. The van der Waals surface area contributed by atoms with E-state index in [9.17, 15) is 4.79 Å². The first-order chi connectivity index (χ1) is 9.72. The molecule has 0 fully saturated rings. The molecule has 3 aromatic rings. The van der Waals surface area contributed by atoms with E-state index in [1.54, 1.807) is 6.20 Å². The fourth-order valence-electron chi connectivity index (χ4n) is 2.17. The number of carbonyl (C=O) groups is 1. The molecule has 2 aromatic carbocycles. The van der Waals surface area contributed by atoms with Crippen LogP contribution >= 0.6 is 15.9 Å². The number of carbonyl (C=O) groups excluding carboxylic acids is 1. The second kappa shape index (κ2) is 5.55. The lowest BCUT2D eigenvalue weighted by atomic mass is 10.0. The molecule has 0 radical (unpaired) electrons. The predicted octanol–water partition coefficient (Wildman–Crippen LogP) is 4.42. The number of fused-ring (bicyclic) bond motifs is 1. The normalized spacial score (nSPS) is 10.7. The summed E-state index contributed by atoms with van der Waals surface area (Å²) in [5.41, 5.74) is 2.56. The minimum absolute atomic E-state index is 0.107. The zero-order valence-corrected chi connectivity index (χ0v) is 12.3. The first-order valence-corrected chi connectivity index (χ1v) is 7.14. The van der Waals surface area contributed by atoms with E-state index in [1.165, 1.54) is 0 Å². The van der Waals surface area contributed by atoms with Crippen LogP contribution in [0.5, 0.6) is 0 Å². The number of benzene rings is 2. The Morgan fingerprint density at radius 3 is 2.80 bits per heavy atom. The van der Waals surface area contributed by atoms with Crippen molar-refractivity contribution in [2.75, 3.05) is 0 Å². The predicted molar refractivity (Wildman–Crippen MR) is 83.9 cm³/mol. The molecule has 1 aromatic heterocycles. The average Bonchev–Trinajstić information content (AvgIpc) is 2.47. The van der Waals surface area contributed by atoms with E-state index in [-0.39, 0.29) is 5.78 Å². The third-order valence-electron chi connectivity index (χ3n) is 3.18. The van der Waals surface area contributed by atoms with Crippen LogP contribution < -0.4 is 0 Å². The highest BCUT2D eigenvalue weighted by Crippen LogP contribution is 2.17. The molecule has 0 saturated heterocycles. The van der Waals surface area contributed by atoms with Gasteiger partial charge >= 0.3 is 0 Å². The maximum absolute atomic E-state index is 12.3. The van der Waals surface area contributed by atoms with E-state index in [0.717, 1.165) is 20.9 Å². The number of halogens is 1. The summed E-state index contributed by atoms with van der Waals surface area (Å²) in [5.74, 6) is 0.107. The van der Waals surface area contributed by atoms with Gasteiger partial charge in [-0.3, -0.25) is 9.78 Å². The lowest BCUT2D eigenvalue weighted by Crippen LogP contribution is -2.03. The summed E-state index contributed by atoms with van der Waals surface area (Å²) in [4.78, 5) is 16.6. The number of aromatic nitrogens is 1. The van der Waals surface area contributed by atoms with Crippen LogP contribution in [-0.2, 0) is 6.42 Å². The van der Waals surface area contributed by atoms with Crippen molar-refractivity contribution >= 4 is 32.6 Å². The third kappa shape index (κ3) is 2.78. The Morgan fingerprint density at radius 1 is 1.05 bits per heavy atom. The molecule has 20 heavy (non-hydrogen) atoms. The van der Waals surface area contributed by atoms with Gasteiger partial charge in [-0.25, -0.2) is 0 Å². The molecule has 0 aliphatic rings. The smallest absolute Gasteiger partial charge is 0.167 e. The van der Waals surface area contributed by atoms with E-state index in [4.69, 9.17) is 0 Å². The summed E-state index contributed by atoms with van der Waals surface area (Å²) in [6.45, 7) is 0. The summed E-state index contributed by atoms with van der Waals surface area (Å²) in [7, 11) is 0. The van der Waals surface area contributed by atoms with Crippen LogP contribution in [0.15, 0.2) is 65.3 Å². The molecule has 0 aliphatic heterocycles. The van der Waals surface area contributed by atoms with Gasteiger partial charge < -0.3 is 0 Å². The first kappa shape index (κ1) is 13.0. The number of pyridine rings is 1. The first-order valence-electron chi connectivity index (χ1n) is 6.35. The molecular weight excluding hydrogens is 314 g/mol. The lowest BCUT2D eigenvalue weighted by Gasteiger charge is -2.04. The van der Waals surface area contributed by atoms with E-state index >= 15 is 0 Å². The summed E-state index contributed by atoms with van der Waals surface area (Å²) in [5, 5.41) is 1.05. The minimum Gasteiger partial charge on any atom is -0.294 e. The summed E-state index contributed by atoms with van der Waals surface area (Å²) >= 11 is 3.42. The monoisotopic (exact) mass is 325 g/mol. The highest BCUT2D eigenvalue weighted by atomic mass is 79.9. The topological polar surface area (TPSA) is 30.0 Å². The number of hydrogen-bond acceptors (Lipinski definition) is 2. The second-order valence-corrected chi connectivity index (χ2v) is 5.56. The molecule has 2 nitrogen and oxygen atoms in total. The molecule has 0 atom stereocenters. The van der Waals surface area contributed by atoms with E-state index < -0.39 is 0 Å². The Bertz CT molecular complexity index is 783. The number of rotatable bonds is 3. The zero-order chi connectivity index (χ0) is 13.9. The van der Waals surface area contributed by atoms with Gasteiger partial charge in [-0.05, 0) is 29.8 Å². The molecule has 0 spiro atoms. The Labute approximate surface area is 125 Å². The van der Waals surface area contributed by atoms with E-state index in [1.807, 2.05) is 54.6 Å². The maximum atomic E-state index is 12.3. The van der Waals surface area contributed by atoms with Crippen molar-refractivity contribution < 1.29 is 4.79 Å². The molecule has 0 N–H and O–H groups in total. The van der Waals surface area contributed by atoms with Crippen molar-refractivity contribution in [3.8, 4) is 0 Å². The van der Waals surface area contributed by atoms with Crippen molar-refractivity contribution in [1.82, 2.24) is 4.98 Å². The number of Topliss-reactive ketones (excluding diaryl/α,β-unsaturated/α-hetero) is 1. The quantitative estimate of drug-likeness (QED) is 0.667. The second-order valence-electron chi connectivity index (χ2n) is 4.64. The van der Waals surface area contributed by atoms with Crippen LogP contribution in [0, 0.1) is 0 Å². The van der Waals surface area contributed by atoms with Gasteiger partial charge in [-0.15, -0.1) is 0 Å². The molecule has 0 bridgehead atoms. The number of nitrogens with zero attached hydrogens (tertiary/aromatic N) is 1. The highest BCUT2D eigenvalue weighted by molar-refractivity contribution is 9.10. The zero-order valence-electron chi connectivity index (χ0n) is 10.7. The van der Waals surface area contributed by atoms with Crippen LogP contribution in [0.3, 0.4) is 0 Å². The van der Waals surface area contributed by atoms with E-state index in [2.05, 4.69) is 20.9 Å². The SMILES string of the molecule is O=C(Cc1cccc(Br)c1)c1ccc2cccnc2c1. The van der Waals surface area contributed by atoms with Gasteiger partial charge in [-0.1, -0.05) is 46.3 Å². The maximum Gasteiger partial charge on any atom is 0.167 e. The lowest BCUT2D eigenvalue weighted by molar-refractivity contribution is 0.0993. The Morgan fingerprint density at radius 2 is 1.95 bits per heavy atom. The Kier molecular flexibility index (Phi) is 3.61. The fourth-order valence-corrected chi connectivity index (χ4v) is 2.62. The molecule has 98 valence electrons. The molecule has 0 saturated carbocycles. The van der Waals surface area contributed by atoms with Gasteiger partial charge in [0.05, 0.1) is 5.52 Å². The van der Waals surface area contributed by atoms with Crippen molar-refractivity contribution in [1.29, 1.82) is 0 Å². The number of ketones is 1. The Balaban J connectivity index is 1.88. The standard InChI is InChI=1S/C17H12BrNO/c18-15-5-1-3-12(9-15)10-17(20)14-7-6-13-4-2-8-19-16(13)11-14/h1-9,11H,10H2. The van der Waals surface area contributed by atoms with Gasteiger partial charge in [0, 0.05) is 28.0 Å². The van der Waals surface area contributed by atoms with Gasteiger partial charge in [-0.2, -0.15) is 0 Å². The molecule has 3 heteroatoms. The molecule has 3 rings (SSSR count). The average molecular weight is 326 g/mol. The highest BCUT2D eigenvalue weighted by Gasteiger charge is 2.08. The van der Waals surface area contributed by atoms with Crippen LogP contribution in [0.4, 0.5) is 0 Å². The summed E-state index contributed by atoms with van der Waals surface area (Å²) in [6.07, 6.45) is 2.14. The van der Waals surface area contributed by atoms with Crippen LogP contribution in [-0.4, -0.2) is 10.8 Å².